The molecule has 2 heterocycles. The number of hydrogen-bond acceptors (Lipinski definition) is 3. The Hall–Kier alpha value is -1.79. The molecule has 0 unspecified atom stereocenters. The van der Waals surface area contributed by atoms with E-state index in [2.05, 4.69) is 4.98 Å². The fourth-order valence-corrected chi connectivity index (χ4v) is 2.02. The molecule has 7 heteroatoms. The molecule has 1 aliphatic heterocycles. The van der Waals surface area contributed by atoms with Crippen molar-refractivity contribution in [2.45, 2.75) is 12.6 Å². The van der Waals surface area contributed by atoms with Crippen LogP contribution in [0.15, 0.2) is 18.3 Å². The lowest BCUT2D eigenvalue weighted by Crippen LogP contribution is -2.26. The van der Waals surface area contributed by atoms with Gasteiger partial charge in [0.1, 0.15) is 5.82 Å². The van der Waals surface area contributed by atoms with Crippen molar-refractivity contribution in [3.63, 3.8) is 0 Å². The third-order valence-corrected chi connectivity index (χ3v) is 2.93. The Morgan fingerprint density at radius 3 is 2.78 bits per heavy atom. The minimum absolute atomic E-state index is 0.0649. The highest BCUT2D eigenvalue weighted by molar-refractivity contribution is 5.72. The van der Waals surface area contributed by atoms with Crippen molar-refractivity contribution in [3.8, 4) is 0 Å². The molecule has 1 aromatic rings. The van der Waals surface area contributed by atoms with Crippen LogP contribution >= 0.6 is 0 Å². The summed E-state index contributed by atoms with van der Waals surface area (Å²) in [6, 6.07) is 2.17. The van der Waals surface area contributed by atoms with Gasteiger partial charge in [0, 0.05) is 19.3 Å². The molecule has 0 saturated carbocycles. The Balaban J connectivity index is 2.27. The van der Waals surface area contributed by atoms with E-state index < -0.39 is 23.6 Å². The van der Waals surface area contributed by atoms with Gasteiger partial charge in [-0.05, 0) is 18.6 Å². The number of alkyl halides is 3. The summed E-state index contributed by atoms with van der Waals surface area (Å²) in [6.07, 6.45) is -2.87. The van der Waals surface area contributed by atoms with Gasteiger partial charge >= 0.3 is 12.1 Å². The van der Waals surface area contributed by atoms with Gasteiger partial charge in [-0.3, -0.25) is 4.79 Å². The Bertz CT molecular complexity index is 462. The number of pyridine rings is 1. The van der Waals surface area contributed by atoms with E-state index in [9.17, 15) is 18.0 Å². The molecule has 0 radical (unpaired) electrons. The van der Waals surface area contributed by atoms with E-state index in [1.165, 1.54) is 17.2 Å². The lowest BCUT2D eigenvalue weighted by atomic mass is 10.1. The van der Waals surface area contributed by atoms with E-state index in [1.54, 1.807) is 0 Å². The van der Waals surface area contributed by atoms with E-state index in [0.29, 0.717) is 6.42 Å². The third kappa shape index (κ3) is 2.39. The Labute approximate surface area is 101 Å². The zero-order valence-corrected chi connectivity index (χ0v) is 9.31. The second-order valence-electron chi connectivity index (χ2n) is 4.14. The number of rotatable bonds is 2. The predicted molar refractivity (Wildman–Crippen MR) is 57.2 cm³/mol. The maximum Gasteiger partial charge on any atom is 0.419 e. The van der Waals surface area contributed by atoms with Crippen LogP contribution in [-0.2, 0) is 11.0 Å². The molecule has 0 amide bonds. The van der Waals surface area contributed by atoms with Gasteiger partial charge in [-0.2, -0.15) is 13.2 Å². The van der Waals surface area contributed by atoms with Crippen molar-refractivity contribution >= 4 is 11.8 Å². The number of halogens is 3. The van der Waals surface area contributed by atoms with Crippen LogP contribution < -0.4 is 4.90 Å². The molecular weight excluding hydrogens is 249 g/mol. The molecule has 1 aliphatic rings. The summed E-state index contributed by atoms with van der Waals surface area (Å²) in [5, 5.41) is 8.84. The lowest BCUT2D eigenvalue weighted by Gasteiger charge is -2.21. The zero-order valence-electron chi connectivity index (χ0n) is 9.31. The molecule has 98 valence electrons. The maximum absolute atomic E-state index is 12.8. The number of carboxylic acid groups (broad SMARTS) is 1. The number of carboxylic acids is 1. The van der Waals surface area contributed by atoms with Crippen molar-refractivity contribution in [1.29, 1.82) is 0 Å². The monoisotopic (exact) mass is 260 g/mol. The van der Waals surface area contributed by atoms with Gasteiger partial charge in [0.25, 0.3) is 0 Å². The van der Waals surface area contributed by atoms with Crippen molar-refractivity contribution < 1.29 is 23.1 Å². The van der Waals surface area contributed by atoms with Crippen LogP contribution in [0.2, 0.25) is 0 Å². The van der Waals surface area contributed by atoms with Gasteiger partial charge in [0.05, 0.1) is 11.5 Å². The number of aliphatic carboxylic acids is 1. The molecule has 1 N–H and O–H groups in total. The van der Waals surface area contributed by atoms with E-state index in [-0.39, 0.29) is 18.9 Å². The molecule has 1 atom stereocenters. The number of carbonyl (C=O) groups is 1. The summed E-state index contributed by atoms with van der Waals surface area (Å²) in [6.45, 7) is 0.340. The van der Waals surface area contributed by atoms with Gasteiger partial charge in [-0.25, -0.2) is 4.98 Å². The second-order valence-corrected chi connectivity index (χ2v) is 4.14. The summed E-state index contributed by atoms with van der Waals surface area (Å²) in [5.74, 6) is -1.80. The second kappa shape index (κ2) is 4.47. The molecule has 1 aromatic heterocycles. The molecule has 2 rings (SSSR count). The number of anilines is 1. The highest BCUT2D eigenvalue weighted by atomic mass is 19.4. The van der Waals surface area contributed by atoms with Crippen molar-refractivity contribution in [2.24, 2.45) is 5.92 Å². The van der Waals surface area contributed by atoms with Gasteiger partial charge < -0.3 is 10.0 Å². The summed E-state index contributed by atoms with van der Waals surface area (Å²) in [5.41, 5.74) is -0.823. The van der Waals surface area contributed by atoms with E-state index in [1.807, 2.05) is 0 Å². The fourth-order valence-electron chi connectivity index (χ4n) is 2.02. The van der Waals surface area contributed by atoms with Gasteiger partial charge in [0.15, 0.2) is 0 Å². The number of aromatic nitrogens is 1. The smallest absolute Gasteiger partial charge is 0.419 e. The van der Waals surface area contributed by atoms with Crippen LogP contribution in [0.5, 0.6) is 0 Å². The minimum atomic E-state index is -4.48. The molecule has 1 saturated heterocycles. The number of nitrogens with zero attached hydrogens (tertiary/aromatic N) is 2. The number of hydrogen-bond donors (Lipinski definition) is 1. The van der Waals surface area contributed by atoms with Crippen molar-refractivity contribution in [1.82, 2.24) is 4.98 Å². The van der Waals surface area contributed by atoms with Crippen molar-refractivity contribution in [3.05, 3.63) is 23.9 Å². The minimum Gasteiger partial charge on any atom is -0.481 e. The first-order chi connectivity index (χ1) is 8.39. The van der Waals surface area contributed by atoms with Crippen LogP contribution in [-0.4, -0.2) is 29.1 Å². The summed E-state index contributed by atoms with van der Waals surface area (Å²) >= 11 is 0. The highest BCUT2D eigenvalue weighted by Gasteiger charge is 2.38. The first-order valence-corrected chi connectivity index (χ1v) is 5.39. The predicted octanol–water partition coefficient (Wildman–Crippen LogP) is 2.01. The normalized spacial score (nSPS) is 20.2. The Morgan fingerprint density at radius 1 is 1.50 bits per heavy atom. The topological polar surface area (TPSA) is 53.4 Å². The van der Waals surface area contributed by atoms with Crippen LogP contribution in [0.1, 0.15) is 12.0 Å². The quantitative estimate of drug-likeness (QED) is 0.883. The van der Waals surface area contributed by atoms with Crippen LogP contribution in [0.25, 0.3) is 0 Å². The average Bonchev–Trinajstić information content (AvgIpc) is 2.77. The van der Waals surface area contributed by atoms with Gasteiger partial charge in [-0.15, -0.1) is 0 Å². The van der Waals surface area contributed by atoms with E-state index in [4.69, 9.17) is 5.11 Å². The standard InChI is InChI=1S/C11H11F3N2O2/c12-11(13,14)8-2-1-4-15-9(8)16-5-3-7(6-16)10(17)18/h1-2,4,7H,3,5-6H2,(H,17,18)/t7-/m0/s1. The van der Waals surface area contributed by atoms with Crippen LogP contribution in [0.3, 0.4) is 0 Å². The van der Waals surface area contributed by atoms with E-state index in [0.717, 1.165) is 6.07 Å². The maximum atomic E-state index is 12.8. The SMILES string of the molecule is O=C(O)[C@H]1CCN(c2ncccc2C(F)(F)F)C1. The molecule has 4 nitrogen and oxygen atoms in total. The highest BCUT2D eigenvalue weighted by Crippen LogP contribution is 2.36. The third-order valence-electron chi connectivity index (χ3n) is 2.93. The Kier molecular flexibility index (Phi) is 3.14. The molecule has 18 heavy (non-hydrogen) atoms. The van der Waals surface area contributed by atoms with Crippen LogP contribution in [0.4, 0.5) is 19.0 Å². The molecule has 1 fully saturated rings. The first-order valence-electron chi connectivity index (χ1n) is 5.39. The average molecular weight is 260 g/mol. The summed E-state index contributed by atoms with van der Waals surface area (Å²) in [4.78, 5) is 15.9. The largest absolute Gasteiger partial charge is 0.481 e. The van der Waals surface area contributed by atoms with Gasteiger partial charge in [0.2, 0.25) is 0 Å². The first kappa shape index (κ1) is 12.7. The molecule has 0 aromatic carbocycles. The van der Waals surface area contributed by atoms with Crippen LogP contribution in [0, 0.1) is 5.92 Å². The zero-order chi connectivity index (χ0) is 13.3. The summed E-state index contributed by atoms with van der Waals surface area (Å²) in [7, 11) is 0. The lowest BCUT2D eigenvalue weighted by molar-refractivity contribution is -0.141. The van der Waals surface area contributed by atoms with Gasteiger partial charge in [-0.1, -0.05) is 0 Å². The van der Waals surface area contributed by atoms with E-state index >= 15 is 0 Å². The fraction of sp³-hybridized carbons (Fsp3) is 0.455. The molecule has 0 spiro atoms. The van der Waals surface area contributed by atoms with Crippen molar-refractivity contribution in [2.75, 3.05) is 18.0 Å². The summed E-state index contributed by atoms with van der Waals surface area (Å²) < 4.78 is 38.3. The Morgan fingerprint density at radius 2 is 2.22 bits per heavy atom. The molecule has 0 aliphatic carbocycles. The molecule has 0 bridgehead atoms. The molecular formula is C11H11F3N2O2.